The first-order valence-corrected chi connectivity index (χ1v) is 8.11. The fourth-order valence-corrected chi connectivity index (χ4v) is 4.44. The van der Waals surface area contributed by atoms with Crippen molar-refractivity contribution in [3.05, 3.63) is 29.0 Å². The number of rotatable bonds is 3. The molecule has 2 aliphatic rings. The second-order valence-corrected chi connectivity index (χ2v) is 7.15. The fourth-order valence-electron chi connectivity index (χ4n) is 2.83. The summed E-state index contributed by atoms with van der Waals surface area (Å²) in [7, 11) is -4.01. The number of sulfonamides is 1. The first-order chi connectivity index (χ1) is 9.42. The monoisotopic (exact) mass is 320 g/mol. The molecule has 0 spiro atoms. The van der Waals surface area contributed by atoms with Gasteiger partial charge in [0.1, 0.15) is 4.90 Å². The van der Waals surface area contributed by atoms with Gasteiger partial charge in [0.25, 0.3) is 0 Å². The SMILES string of the molecule is NC1C2CCOC2C1NS(=O)(=O)c1cccc(Cl)c1F. The van der Waals surface area contributed by atoms with Crippen molar-refractivity contribution in [2.45, 2.75) is 29.5 Å². The van der Waals surface area contributed by atoms with E-state index in [1.54, 1.807) is 0 Å². The Morgan fingerprint density at radius 3 is 2.95 bits per heavy atom. The number of hydrogen-bond acceptors (Lipinski definition) is 4. The lowest BCUT2D eigenvalue weighted by Gasteiger charge is -2.45. The molecule has 0 bridgehead atoms. The molecule has 1 saturated carbocycles. The minimum Gasteiger partial charge on any atom is -0.376 e. The van der Waals surface area contributed by atoms with Crippen LogP contribution in [0.3, 0.4) is 0 Å². The Balaban J connectivity index is 1.84. The molecular formula is C12H14ClFN2O3S. The Morgan fingerprint density at radius 1 is 1.45 bits per heavy atom. The van der Waals surface area contributed by atoms with Gasteiger partial charge in [-0.25, -0.2) is 17.5 Å². The predicted molar refractivity (Wildman–Crippen MR) is 71.3 cm³/mol. The zero-order chi connectivity index (χ0) is 14.5. The molecule has 1 heterocycles. The maximum Gasteiger partial charge on any atom is 0.243 e. The number of hydrogen-bond donors (Lipinski definition) is 2. The maximum absolute atomic E-state index is 13.8. The minimum atomic E-state index is -4.01. The van der Waals surface area contributed by atoms with Crippen LogP contribution < -0.4 is 10.5 Å². The third-order valence-corrected chi connectivity index (χ3v) is 5.71. The predicted octanol–water partition coefficient (Wildman–Crippen LogP) is 0.872. The highest BCUT2D eigenvalue weighted by Gasteiger charge is 2.53. The van der Waals surface area contributed by atoms with Crippen LogP contribution in [-0.2, 0) is 14.8 Å². The van der Waals surface area contributed by atoms with Gasteiger partial charge in [0.05, 0.1) is 17.2 Å². The quantitative estimate of drug-likeness (QED) is 0.866. The molecule has 4 unspecified atom stereocenters. The Morgan fingerprint density at radius 2 is 2.20 bits per heavy atom. The summed E-state index contributed by atoms with van der Waals surface area (Å²) in [5, 5.41) is -0.235. The number of ether oxygens (including phenoxy) is 1. The van der Waals surface area contributed by atoms with Gasteiger partial charge in [-0.3, -0.25) is 0 Å². The second-order valence-electron chi connectivity index (χ2n) is 5.06. The van der Waals surface area contributed by atoms with Gasteiger partial charge in [-0.1, -0.05) is 17.7 Å². The highest BCUT2D eigenvalue weighted by molar-refractivity contribution is 7.89. The zero-order valence-corrected chi connectivity index (χ0v) is 12.0. The first-order valence-electron chi connectivity index (χ1n) is 6.25. The molecule has 20 heavy (non-hydrogen) atoms. The van der Waals surface area contributed by atoms with E-state index in [-0.39, 0.29) is 23.1 Å². The maximum atomic E-state index is 13.8. The summed E-state index contributed by atoms with van der Waals surface area (Å²) < 4.78 is 46.1. The summed E-state index contributed by atoms with van der Waals surface area (Å²) in [5.41, 5.74) is 5.93. The standard InChI is InChI=1S/C12H14ClFN2O3S/c13-7-2-1-3-8(9(7)14)20(17,18)16-11-10(15)6-4-5-19-12(6)11/h1-3,6,10-12,16H,4-5,15H2. The average Bonchev–Trinajstić information content (AvgIpc) is 2.84. The summed E-state index contributed by atoms with van der Waals surface area (Å²) in [6.45, 7) is 0.576. The van der Waals surface area contributed by atoms with Crippen LogP contribution in [0, 0.1) is 11.7 Å². The van der Waals surface area contributed by atoms with Crippen LogP contribution in [0.2, 0.25) is 5.02 Å². The van der Waals surface area contributed by atoms with Crippen molar-refractivity contribution < 1.29 is 17.5 Å². The highest BCUT2D eigenvalue weighted by atomic mass is 35.5. The third kappa shape index (κ3) is 2.14. The van der Waals surface area contributed by atoms with Crippen molar-refractivity contribution in [3.63, 3.8) is 0 Å². The lowest BCUT2D eigenvalue weighted by molar-refractivity contribution is -0.00925. The molecule has 0 radical (unpaired) electrons. The molecule has 1 aromatic carbocycles. The van der Waals surface area contributed by atoms with Crippen LogP contribution in [0.25, 0.3) is 0 Å². The largest absolute Gasteiger partial charge is 0.376 e. The summed E-state index contributed by atoms with van der Waals surface area (Å²) in [5.74, 6) is -0.787. The molecule has 110 valence electrons. The first kappa shape index (κ1) is 14.2. The molecule has 1 aliphatic heterocycles. The summed E-state index contributed by atoms with van der Waals surface area (Å²) in [6, 6.07) is 3.02. The van der Waals surface area contributed by atoms with Crippen LogP contribution in [-0.4, -0.2) is 33.2 Å². The Hall–Kier alpha value is -0.730. The number of halogens is 2. The minimum absolute atomic E-state index is 0.173. The van der Waals surface area contributed by atoms with Crippen molar-refractivity contribution >= 4 is 21.6 Å². The van der Waals surface area contributed by atoms with Crippen LogP contribution in [0.5, 0.6) is 0 Å². The topological polar surface area (TPSA) is 81.4 Å². The lowest BCUT2D eigenvalue weighted by atomic mass is 9.73. The molecule has 4 atom stereocenters. The van der Waals surface area contributed by atoms with E-state index in [2.05, 4.69) is 4.72 Å². The number of fused-ring (bicyclic) bond motifs is 1. The van der Waals surface area contributed by atoms with Gasteiger partial charge in [-0.15, -0.1) is 0 Å². The smallest absolute Gasteiger partial charge is 0.243 e. The summed E-state index contributed by atoms with van der Waals surface area (Å²) in [6.07, 6.45) is 0.609. The second kappa shape index (κ2) is 4.92. The van der Waals surface area contributed by atoms with E-state index in [9.17, 15) is 12.8 Å². The molecular weight excluding hydrogens is 307 g/mol. The third-order valence-electron chi connectivity index (χ3n) is 3.94. The van der Waals surface area contributed by atoms with E-state index in [1.165, 1.54) is 18.2 Å². The number of benzene rings is 1. The molecule has 8 heteroatoms. The van der Waals surface area contributed by atoms with Gasteiger partial charge >= 0.3 is 0 Å². The van der Waals surface area contributed by atoms with Crippen molar-refractivity contribution in [2.75, 3.05) is 6.61 Å². The van der Waals surface area contributed by atoms with E-state index in [0.29, 0.717) is 6.61 Å². The average molecular weight is 321 g/mol. The van der Waals surface area contributed by atoms with Gasteiger partial charge in [-0.2, -0.15) is 0 Å². The van der Waals surface area contributed by atoms with Crippen molar-refractivity contribution in [1.29, 1.82) is 0 Å². The fraction of sp³-hybridized carbons (Fsp3) is 0.500. The molecule has 3 N–H and O–H groups in total. The normalized spacial score (nSPS) is 32.8. The van der Waals surface area contributed by atoms with Crippen molar-refractivity contribution in [2.24, 2.45) is 11.7 Å². The molecule has 0 aromatic heterocycles. The van der Waals surface area contributed by atoms with Gasteiger partial charge in [0.15, 0.2) is 5.82 Å². The molecule has 1 aliphatic carbocycles. The lowest BCUT2D eigenvalue weighted by Crippen LogP contribution is -2.68. The van der Waals surface area contributed by atoms with Crippen molar-refractivity contribution in [3.8, 4) is 0 Å². The zero-order valence-electron chi connectivity index (χ0n) is 10.4. The van der Waals surface area contributed by atoms with E-state index < -0.39 is 26.8 Å². The van der Waals surface area contributed by atoms with E-state index in [0.717, 1.165) is 6.42 Å². The molecule has 1 saturated heterocycles. The van der Waals surface area contributed by atoms with Gasteiger partial charge < -0.3 is 10.5 Å². The summed E-state index contributed by atoms with van der Waals surface area (Å²) in [4.78, 5) is -0.473. The van der Waals surface area contributed by atoms with E-state index in [1.807, 2.05) is 0 Å². The molecule has 5 nitrogen and oxygen atoms in total. The summed E-state index contributed by atoms with van der Waals surface area (Å²) >= 11 is 5.61. The highest BCUT2D eigenvalue weighted by Crippen LogP contribution is 2.38. The van der Waals surface area contributed by atoms with Crippen LogP contribution in [0.1, 0.15) is 6.42 Å². The number of nitrogens with two attached hydrogens (primary N) is 1. The molecule has 1 aromatic rings. The molecule has 2 fully saturated rings. The molecule has 3 rings (SSSR count). The Kier molecular flexibility index (Phi) is 3.50. The van der Waals surface area contributed by atoms with Crippen LogP contribution >= 0.6 is 11.6 Å². The van der Waals surface area contributed by atoms with Gasteiger partial charge in [0, 0.05) is 18.6 Å². The Bertz CT molecular complexity index is 640. The van der Waals surface area contributed by atoms with Gasteiger partial charge in [0.2, 0.25) is 10.0 Å². The van der Waals surface area contributed by atoms with E-state index in [4.69, 9.17) is 22.1 Å². The van der Waals surface area contributed by atoms with Crippen LogP contribution in [0.4, 0.5) is 4.39 Å². The van der Waals surface area contributed by atoms with Crippen molar-refractivity contribution in [1.82, 2.24) is 4.72 Å². The Labute approximate surface area is 121 Å². The van der Waals surface area contributed by atoms with Crippen LogP contribution in [0.15, 0.2) is 23.1 Å². The number of nitrogens with one attached hydrogen (secondary N) is 1. The molecule has 0 amide bonds. The van der Waals surface area contributed by atoms with Gasteiger partial charge in [-0.05, 0) is 18.6 Å². The van der Waals surface area contributed by atoms with E-state index >= 15 is 0 Å².